The molecule has 2 aromatic rings. The molecule has 0 aliphatic rings. The van der Waals surface area contributed by atoms with E-state index in [0.29, 0.717) is 0 Å². The van der Waals surface area contributed by atoms with Crippen molar-refractivity contribution < 1.29 is 5.11 Å². The van der Waals surface area contributed by atoms with Crippen molar-refractivity contribution in [1.82, 2.24) is 9.97 Å². The summed E-state index contributed by atoms with van der Waals surface area (Å²) in [7, 11) is 0. The first-order valence-electron chi connectivity index (χ1n) is 4.61. The highest BCUT2D eigenvalue weighted by Gasteiger charge is 2.00. The summed E-state index contributed by atoms with van der Waals surface area (Å²) in [5.41, 5.74) is 4.39. The van der Waals surface area contributed by atoms with Crippen LogP contribution in [0.25, 0.3) is 11.0 Å². The van der Waals surface area contributed by atoms with Crippen molar-refractivity contribution in [3.8, 4) is 0 Å². The number of hydrogen-bond acceptors (Lipinski definition) is 3. The molecule has 0 saturated heterocycles. The van der Waals surface area contributed by atoms with Crippen molar-refractivity contribution in [1.29, 1.82) is 0 Å². The Bertz CT molecular complexity index is 470. The zero-order valence-corrected chi connectivity index (χ0v) is 10.7. The Hall–Kier alpha value is -1.20. The molecule has 0 radical (unpaired) electrons. The fourth-order valence-electron chi connectivity index (χ4n) is 1.32. The molecular weight excluding hydrogens is 240 g/mol. The highest BCUT2D eigenvalue weighted by atomic mass is 32.1. The highest BCUT2D eigenvalue weighted by Crippen LogP contribution is 2.16. The van der Waals surface area contributed by atoms with Gasteiger partial charge in [-0.05, 0) is 37.2 Å². The molecule has 0 aliphatic carbocycles. The van der Waals surface area contributed by atoms with Gasteiger partial charge in [0.25, 0.3) is 0 Å². The minimum absolute atomic E-state index is 0.306. The minimum atomic E-state index is -0.306. The van der Waals surface area contributed by atoms with Crippen molar-refractivity contribution in [2.24, 2.45) is 0 Å². The number of rotatable bonds is 0. The third-order valence-electron chi connectivity index (χ3n) is 2.03. The van der Waals surface area contributed by atoms with E-state index < -0.39 is 0 Å². The van der Waals surface area contributed by atoms with Gasteiger partial charge >= 0.3 is 0 Å². The number of hydrogen-bond donors (Lipinski definition) is 2. The van der Waals surface area contributed by atoms with Gasteiger partial charge in [0.1, 0.15) is 0 Å². The van der Waals surface area contributed by atoms with Crippen molar-refractivity contribution in [3.63, 3.8) is 0 Å². The molecular formula is C11H12N2OS2. The Balaban J connectivity index is 0.000000280. The van der Waals surface area contributed by atoms with E-state index in [1.54, 1.807) is 12.4 Å². The first kappa shape index (κ1) is 12.9. The molecule has 0 amide bonds. The molecule has 0 saturated carbocycles. The summed E-state index contributed by atoms with van der Waals surface area (Å²) >= 11 is 7.21. The average molecular weight is 252 g/mol. The second-order valence-corrected chi connectivity index (χ2v) is 4.35. The second kappa shape index (κ2) is 5.77. The third kappa shape index (κ3) is 3.43. The van der Waals surface area contributed by atoms with Crippen LogP contribution in [0.15, 0.2) is 24.5 Å². The summed E-state index contributed by atoms with van der Waals surface area (Å²) in [6.07, 6.45) is 3.46. The third-order valence-corrected chi connectivity index (χ3v) is 2.03. The number of benzene rings is 1. The summed E-state index contributed by atoms with van der Waals surface area (Å²) in [4.78, 5) is 8.56. The van der Waals surface area contributed by atoms with E-state index in [9.17, 15) is 0 Å². The molecule has 1 aromatic heterocycles. The number of aliphatic hydroxyl groups is 1. The predicted molar refractivity (Wildman–Crippen MR) is 73.2 cm³/mol. The molecule has 1 N–H and O–H groups in total. The normalized spacial score (nSPS) is 9.44. The van der Waals surface area contributed by atoms with Crippen LogP contribution >= 0.6 is 24.8 Å². The van der Waals surface area contributed by atoms with Gasteiger partial charge in [0, 0.05) is 12.4 Å². The molecule has 0 unspecified atom stereocenters. The summed E-state index contributed by atoms with van der Waals surface area (Å²) in [5.74, 6) is 0. The van der Waals surface area contributed by atoms with Crippen LogP contribution < -0.4 is 0 Å². The largest absolute Gasteiger partial charge is 0.494 e. The number of thiol groups is 1. The van der Waals surface area contributed by atoms with Crippen LogP contribution in [-0.2, 0) is 0 Å². The molecule has 0 aliphatic heterocycles. The lowest BCUT2D eigenvalue weighted by atomic mass is 10.1. The van der Waals surface area contributed by atoms with E-state index in [1.807, 2.05) is 0 Å². The van der Waals surface area contributed by atoms with E-state index in [-0.39, 0.29) is 4.38 Å². The number of aliphatic hydroxyl groups excluding tert-OH is 1. The predicted octanol–water partition coefficient (Wildman–Crippen LogP) is 3.01. The Kier molecular flexibility index (Phi) is 4.64. The van der Waals surface area contributed by atoms with Gasteiger partial charge in [-0.25, -0.2) is 0 Å². The van der Waals surface area contributed by atoms with Gasteiger partial charge in [-0.1, -0.05) is 24.8 Å². The molecule has 3 nitrogen and oxygen atoms in total. The number of nitrogens with zero attached hydrogens (tertiary/aromatic N) is 2. The Labute approximate surface area is 105 Å². The first-order valence-corrected chi connectivity index (χ1v) is 5.46. The van der Waals surface area contributed by atoms with E-state index >= 15 is 0 Å². The van der Waals surface area contributed by atoms with E-state index in [1.165, 1.54) is 11.1 Å². The molecule has 0 fully saturated rings. The summed E-state index contributed by atoms with van der Waals surface area (Å²) < 4.78 is -0.306. The smallest absolute Gasteiger partial charge is 0.214 e. The average Bonchev–Trinajstić information content (AvgIpc) is 2.23. The van der Waals surface area contributed by atoms with Crippen molar-refractivity contribution >= 4 is 40.3 Å². The van der Waals surface area contributed by atoms with Gasteiger partial charge in [0.05, 0.1) is 11.0 Å². The lowest BCUT2D eigenvalue weighted by Gasteiger charge is -2.01. The van der Waals surface area contributed by atoms with Crippen LogP contribution in [0.3, 0.4) is 0 Å². The van der Waals surface area contributed by atoms with Gasteiger partial charge in [0.15, 0.2) is 0 Å². The Morgan fingerprint density at radius 2 is 1.44 bits per heavy atom. The number of fused-ring (bicyclic) bond motifs is 1. The zero-order chi connectivity index (χ0) is 12.1. The number of thiocarbonyl (C=S) groups is 1. The Morgan fingerprint density at radius 1 is 1.12 bits per heavy atom. The van der Waals surface area contributed by atoms with Crippen LogP contribution in [0, 0.1) is 13.8 Å². The molecule has 0 bridgehead atoms. The van der Waals surface area contributed by atoms with Crippen molar-refractivity contribution in [3.05, 3.63) is 35.7 Å². The van der Waals surface area contributed by atoms with Crippen molar-refractivity contribution in [2.45, 2.75) is 13.8 Å². The number of aromatic nitrogens is 2. The maximum Gasteiger partial charge on any atom is 0.214 e. The van der Waals surface area contributed by atoms with Gasteiger partial charge in [-0.3, -0.25) is 9.97 Å². The summed E-state index contributed by atoms with van der Waals surface area (Å²) in [6.45, 7) is 4.10. The van der Waals surface area contributed by atoms with E-state index in [2.05, 4.69) is 60.8 Å². The highest BCUT2D eigenvalue weighted by molar-refractivity contribution is 8.10. The van der Waals surface area contributed by atoms with E-state index in [0.717, 1.165) is 11.0 Å². The van der Waals surface area contributed by atoms with Crippen LogP contribution in [0.4, 0.5) is 0 Å². The fraction of sp³-hybridized carbons (Fsp3) is 0.182. The fourth-order valence-corrected chi connectivity index (χ4v) is 1.32. The first-order chi connectivity index (χ1) is 7.52. The summed E-state index contributed by atoms with van der Waals surface area (Å²) in [6, 6.07) is 4.15. The topological polar surface area (TPSA) is 46.0 Å². The molecule has 1 aromatic carbocycles. The number of aryl methyl sites for hydroxylation is 2. The van der Waals surface area contributed by atoms with Crippen LogP contribution in [0.5, 0.6) is 0 Å². The molecule has 0 spiro atoms. The lowest BCUT2D eigenvalue weighted by Crippen LogP contribution is -1.88. The van der Waals surface area contributed by atoms with Gasteiger partial charge in [0.2, 0.25) is 4.38 Å². The lowest BCUT2D eigenvalue weighted by molar-refractivity contribution is 0.586. The van der Waals surface area contributed by atoms with Crippen LogP contribution in [0.1, 0.15) is 11.1 Å². The van der Waals surface area contributed by atoms with Gasteiger partial charge in [-0.2, -0.15) is 0 Å². The standard InChI is InChI=1S/C10H10N2.CH2OS2/c1-7-3-4-8(2)10-9(7)11-5-6-12-10;2-1(3)4/h3-6H,1-2H3;(H2,2,3,4). The van der Waals surface area contributed by atoms with Gasteiger partial charge in [-0.15, -0.1) is 0 Å². The van der Waals surface area contributed by atoms with Crippen LogP contribution in [0.2, 0.25) is 0 Å². The maximum absolute atomic E-state index is 7.65. The monoisotopic (exact) mass is 252 g/mol. The molecule has 5 heteroatoms. The Morgan fingerprint density at radius 3 is 1.75 bits per heavy atom. The van der Waals surface area contributed by atoms with Crippen molar-refractivity contribution in [2.75, 3.05) is 0 Å². The molecule has 16 heavy (non-hydrogen) atoms. The SMILES string of the molecule is Cc1ccc(C)c2nccnc12.OC(=S)S. The zero-order valence-electron chi connectivity index (χ0n) is 9.01. The summed E-state index contributed by atoms with van der Waals surface area (Å²) in [5, 5.41) is 7.65. The minimum Gasteiger partial charge on any atom is -0.494 e. The maximum atomic E-state index is 7.65. The molecule has 0 atom stereocenters. The molecule has 2 rings (SSSR count). The van der Waals surface area contributed by atoms with Crippen LogP contribution in [-0.4, -0.2) is 19.5 Å². The molecule has 84 valence electrons. The van der Waals surface area contributed by atoms with E-state index in [4.69, 9.17) is 5.11 Å². The second-order valence-electron chi connectivity index (χ2n) is 3.24. The quantitative estimate of drug-likeness (QED) is 0.559. The molecule has 1 heterocycles. The van der Waals surface area contributed by atoms with Gasteiger partial charge < -0.3 is 5.11 Å².